The highest BCUT2D eigenvalue weighted by Gasteiger charge is 2.32. The topological polar surface area (TPSA) is 55.3 Å². The summed E-state index contributed by atoms with van der Waals surface area (Å²) in [6, 6.07) is 6.54. The van der Waals surface area contributed by atoms with Crippen molar-refractivity contribution in [3.8, 4) is 0 Å². The SMILES string of the molecule is Cc1cc(N2CCC(CN)(CN)CC2)ccc1Br. The highest BCUT2D eigenvalue weighted by Crippen LogP contribution is 2.32. The quantitative estimate of drug-likeness (QED) is 0.900. The molecule has 18 heavy (non-hydrogen) atoms. The molecule has 0 radical (unpaired) electrons. The lowest BCUT2D eigenvalue weighted by Gasteiger charge is -2.41. The van der Waals surface area contributed by atoms with E-state index in [-0.39, 0.29) is 5.41 Å². The predicted octanol–water partition coefficient (Wildman–Crippen LogP) is 2.26. The van der Waals surface area contributed by atoms with Gasteiger partial charge in [-0.25, -0.2) is 0 Å². The number of piperidine rings is 1. The first kappa shape index (κ1) is 13.8. The third kappa shape index (κ3) is 2.71. The van der Waals surface area contributed by atoms with Gasteiger partial charge in [-0.15, -0.1) is 0 Å². The van der Waals surface area contributed by atoms with Crippen molar-refractivity contribution in [2.45, 2.75) is 19.8 Å². The van der Waals surface area contributed by atoms with Crippen LogP contribution in [0.2, 0.25) is 0 Å². The van der Waals surface area contributed by atoms with Gasteiger partial charge in [-0.3, -0.25) is 0 Å². The minimum Gasteiger partial charge on any atom is -0.371 e. The van der Waals surface area contributed by atoms with E-state index in [1.807, 2.05) is 0 Å². The lowest BCUT2D eigenvalue weighted by atomic mass is 9.78. The number of nitrogens with zero attached hydrogens (tertiary/aromatic N) is 1. The fourth-order valence-corrected chi connectivity index (χ4v) is 2.80. The van der Waals surface area contributed by atoms with Gasteiger partial charge >= 0.3 is 0 Å². The van der Waals surface area contributed by atoms with Gasteiger partial charge < -0.3 is 16.4 Å². The predicted molar refractivity (Wildman–Crippen MR) is 80.9 cm³/mol. The van der Waals surface area contributed by atoms with Crippen LogP contribution >= 0.6 is 15.9 Å². The zero-order valence-electron chi connectivity index (χ0n) is 11.0. The van der Waals surface area contributed by atoms with Crippen LogP contribution in [0.3, 0.4) is 0 Å². The fourth-order valence-electron chi connectivity index (χ4n) is 2.56. The molecular weight excluding hydrogens is 290 g/mol. The number of benzene rings is 1. The molecule has 1 aliphatic rings. The molecule has 0 atom stereocenters. The maximum atomic E-state index is 5.87. The van der Waals surface area contributed by atoms with E-state index in [0.717, 1.165) is 25.9 Å². The summed E-state index contributed by atoms with van der Waals surface area (Å²) in [6.07, 6.45) is 2.18. The molecule has 1 fully saturated rings. The van der Waals surface area contributed by atoms with Crippen LogP contribution < -0.4 is 16.4 Å². The van der Waals surface area contributed by atoms with Crippen molar-refractivity contribution in [3.63, 3.8) is 0 Å². The van der Waals surface area contributed by atoms with Gasteiger partial charge in [-0.05, 0) is 62.0 Å². The highest BCUT2D eigenvalue weighted by molar-refractivity contribution is 9.10. The molecule has 1 aliphatic heterocycles. The molecule has 2 rings (SSSR count). The molecule has 1 aromatic carbocycles. The molecule has 4 N–H and O–H groups in total. The molecule has 0 aliphatic carbocycles. The Labute approximate surface area is 118 Å². The normalized spacial score (nSPS) is 19.0. The molecule has 3 nitrogen and oxygen atoms in total. The molecule has 100 valence electrons. The average molecular weight is 312 g/mol. The Morgan fingerprint density at radius 2 is 1.83 bits per heavy atom. The number of hydrogen-bond donors (Lipinski definition) is 2. The van der Waals surface area contributed by atoms with Gasteiger partial charge in [0.2, 0.25) is 0 Å². The average Bonchev–Trinajstić information content (AvgIpc) is 2.42. The summed E-state index contributed by atoms with van der Waals surface area (Å²) < 4.78 is 1.17. The Balaban J connectivity index is 2.07. The van der Waals surface area contributed by atoms with Crippen LogP contribution in [-0.4, -0.2) is 26.2 Å². The van der Waals surface area contributed by atoms with Crippen LogP contribution in [0.4, 0.5) is 5.69 Å². The third-order valence-electron chi connectivity index (χ3n) is 4.20. The summed E-state index contributed by atoms with van der Waals surface area (Å²) in [4.78, 5) is 2.43. The molecule has 1 heterocycles. The minimum atomic E-state index is 0.168. The van der Waals surface area contributed by atoms with Crippen molar-refractivity contribution in [2.24, 2.45) is 16.9 Å². The molecule has 0 saturated carbocycles. The number of rotatable bonds is 3. The minimum absolute atomic E-state index is 0.168. The Morgan fingerprint density at radius 1 is 1.22 bits per heavy atom. The van der Waals surface area contributed by atoms with Crippen molar-refractivity contribution >= 4 is 21.6 Å². The van der Waals surface area contributed by atoms with Gasteiger partial charge in [0.25, 0.3) is 0 Å². The van der Waals surface area contributed by atoms with Gasteiger partial charge in [-0.2, -0.15) is 0 Å². The van der Waals surface area contributed by atoms with Gasteiger partial charge in [0.05, 0.1) is 0 Å². The summed E-state index contributed by atoms with van der Waals surface area (Å²) in [7, 11) is 0. The number of hydrogen-bond acceptors (Lipinski definition) is 3. The fraction of sp³-hybridized carbons (Fsp3) is 0.571. The molecule has 0 bridgehead atoms. The van der Waals surface area contributed by atoms with Crippen LogP contribution in [0.1, 0.15) is 18.4 Å². The monoisotopic (exact) mass is 311 g/mol. The lowest BCUT2D eigenvalue weighted by Crippen LogP contribution is -2.47. The van der Waals surface area contributed by atoms with Gasteiger partial charge in [0, 0.05) is 23.2 Å². The van der Waals surface area contributed by atoms with Crippen molar-refractivity contribution < 1.29 is 0 Å². The van der Waals surface area contributed by atoms with Crippen LogP contribution in [0.25, 0.3) is 0 Å². The zero-order valence-corrected chi connectivity index (χ0v) is 12.5. The Hall–Kier alpha value is -0.580. The second-order valence-electron chi connectivity index (χ2n) is 5.33. The summed E-state index contributed by atoms with van der Waals surface area (Å²) >= 11 is 3.54. The standard InChI is InChI=1S/C14H22BrN3/c1-11-8-12(2-3-13(11)15)18-6-4-14(9-16,10-17)5-7-18/h2-3,8H,4-7,9-10,16-17H2,1H3. The molecule has 0 aromatic heterocycles. The molecule has 0 spiro atoms. The van der Waals surface area contributed by atoms with Crippen LogP contribution in [0.15, 0.2) is 22.7 Å². The van der Waals surface area contributed by atoms with Crippen molar-refractivity contribution in [2.75, 3.05) is 31.1 Å². The Morgan fingerprint density at radius 3 is 2.33 bits per heavy atom. The molecule has 4 heteroatoms. The number of halogens is 1. The summed E-state index contributed by atoms with van der Waals surface area (Å²) in [6.45, 7) is 5.64. The Kier molecular flexibility index (Phi) is 4.30. The van der Waals surface area contributed by atoms with Crippen LogP contribution in [0, 0.1) is 12.3 Å². The summed E-state index contributed by atoms with van der Waals surface area (Å²) in [5, 5.41) is 0. The number of aryl methyl sites for hydroxylation is 1. The molecule has 1 saturated heterocycles. The smallest absolute Gasteiger partial charge is 0.0369 e. The lowest BCUT2D eigenvalue weighted by molar-refractivity contribution is 0.238. The first-order valence-electron chi connectivity index (χ1n) is 6.51. The van der Waals surface area contributed by atoms with E-state index in [1.165, 1.54) is 15.7 Å². The van der Waals surface area contributed by atoms with Crippen LogP contribution in [0.5, 0.6) is 0 Å². The maximum Gasteiger partial charge on any atom is 0.0369 e. The first-order chi connectivity index (χ1) is 8.60. The van der Waals surface area contributed by atoms with E-state index in [1.54, 1.807) is 0 Å². The van der Waals surface area contributed by atoms with E-state index in [4.69, 9.17) is 11.5 Å². The van der Waals surface area contributed by atoms with E-state index in [0.29, 0.717) is 13.1 Å². The van der Waals surface area contributed by atoms with Crippen LogP contribution in [-0.2, 0) is 0 Å². The third-order valence-corrected chi connectivity index (χ3v) is 5.09. The first-order valence-corrected chi connectivity index (χ1v) is 7.31. The molecule has 0 unspecified atom stereocenters. The summed E-state index contributed by atoms with van der Waals surface area (Å²) in [5.74, 6) is 0. The largest absolute Gasteiger partial charge is 0.371 e. The van der Waals surface area contributed by atoms with Crippen molar-refractivity contribution in [3.05, 3.63) is 28.2 Å². The van der Waals surface area contributed by atoms with Gasteiger partial charge in [0.1, 0.15) is 0 Å². The second-order valence-corrected chi connectivity index (χ2v) is 6.18. The van der Waals surface area contributed by atoms with E-state index < -0.39 is 0 Å². The highest BCUT2D eigenvalue weighted by atomic mass is 79.9. The molecular formula is C14H22BrN3. The van der Waals surface area contributed by atoms with Crippen molar-refractivity contribution in [1.29, 1.82) is 0 Å². The maximum absolute atomic E-state index is 5.87. The molecule has 0 amide bonds. The molecule has 1 aromatic rings. The van der Waals surface area contributed by atoms with E-state index in [9.17, 15) is 0 Å². The number of nitrogens with two attached hydrogens (primary N) is 2. The van der Waals surface area contributed by atoms with E-state index in [2.05, 4.69) is 46.0 Å². The van der Waals surface area contributed by atoms with Gasteiger partial charge in [-0.1, -0.05) is 15.9 Å². The van der Waals surface area contributed by atoms with E-state index >= 15 is 0 Å². The van der Waals surface area contributed by atoms with Crippen molar-refractivity contribution in [1.82, 2.24) is 0 Å². The zero-order chi connectivity index (χ0) is 13.2. The Bertz CT molecular complexity index is 406. The summed E-state index contributed by atoms with van der Waals surface area (Å²) in [5.41, 5.74) is 14.5. The number of anilines is 1. The van der Waals surface area contributed by atoms with Gasteiger partial charge in [0.15, 0.2) is 0 Å². The second kappa shape index (κ2) is 5.59.